The lowest BCUT2D eigenvalue weighted by atomic mass is 10.2. The SMILES string of the molecule is C=CCC(=O)c1ccsc1. The second kappa shape index (κ2) is 3.32. The van der Waals surface area contributed by atoms with E-state index in [1.807, 2.05) is 16.8 Å². The third-order valence-electron chi connectivity index (χ3n) is 1.17. The highest BCUT2D eigenvalue weighted by Gasteiger charge is 2.01. The largest absolute Gasteiger partial charge is 0.294 e. The van der Waals surface area contributed by atoms with E-state index in [9.17, 15) is 4.79 Å². The van der Waals surface area contributed by atoms with Crippen molar-refractivity contribution in [2.45, 2.75) is 6.42 Å². The summed E-state index contributed by atoms with van der Waals surface area (Å²) in [4.78, 5) is 11.0. The van der Waals surface area contributed by atoms with E-state index in [0.29, 0.717) is 6.42 Å². The minimum Gasteiger partial charge on any atom is -0.294 e. The van der Waals surface area contributed by atoms with Gasteiger partial charge in [0.2, 0.25) is 0 Å². The lowest BCUT2D eigenvalue weighted by molar-refractivity contribution is 0.0996. The quantitative estimate of drug-likeness (QED) is 0.480. The summed E-state index contributed by atoms with van der Waals surface area (Å²) in [5.41, 5.74) is 0.796. The van der Waals surface area contributed by atoms with Gasteiger partial charge < -0.3 is 0 Å². The van der Waals surface area contributed by atoms with Crippen molar-refractivity contribution in [2.24, 2.45) is 0 Å². The molecule has 0 saturated heterocycles. The Hall–Kier alpha value is -0.890. The fraction of sp³-hybridized carbons (Fsp3) is 0.125. The smallest absolute Gasteiger partial charge is 0.167 e. The summed E-state index contributed by atoms with van der Waals surface area (Å²) in [7, 11) is 0. The second-order valence-corrected chi connectivity index (χ2v) is 2.71. The molecule has 1 rings (SSSR count). The molecule has 1 heterocycles. The maximum Gasteiger partial charge on any atom is 0.167 e. The van der Waals surface area contributed by atoms with Crippen molar-refractivity contribution in [1.82, 2.24) is 0 Å². The van der Waals surface area contributed by atoms with E-state index in [1.165, 1.54) is 11.3 Å². The van der Waals surface area contributed by atoms with Crippen molar-refractivity contribution in [1.29, 1.82) is 0 Å². The first-order valence-corrected chi connectivity index (χ1v) is 3.95. The Kier molecular flexibility index (Phi) is 2.40. The van der Waals surface area contributed by atoms with Gasteiger partial charge in [-0.25, -0.2) is 0 Å². The Morgan fingerprint density at radius 2 is 2.60 bits per heavy atom. The molecule has 1 nitrogen and oxygen atoms in total. The molecule has 0 bridgehead atoms. The number of hydrogen-bond donors (Lipinski definition) is 0. The number of carbonyl (C=O) groups excluding carboxylic acids is 1. The van der Waals surface area contributed by atoms with Crippen LogP contribution in [0.1, 0.15) is 16.8 Å². The molecule has 0 unspecified atom stereocenters. The highest BCUT2D eigenvalue weighted by molar-refractivity contribution is 7.08. The van der Waals surface area contributed by atoms with E-state index in [0.717, 1.165) is 5.56 Å². The van der Waals surface area contributed by atoms with Crippen LogP contribution < -0.4 is 0 Å². The summed E-state index contributed by atoms with van der Waals surface area (Å²) in [5, 5.41) is 3.75. The number of Topliss-reactive ketones (excluding diaryl/α,β-unsaturated/α-hetero) is 1. The molecule has 52 valence electrons. The first-order valence-electron chi connectivity index (χ1n) is 3.01. The molecule has 0 aromatic carbocycles. The number of hydrogen-bond acceptors (Lipinski definition) is 2. The summed E-state index contributed by atoms with van der Waals surface area (Å²) < 4.78 is 0. The van der Waals surface area contributed by atoms with Gasteiger partial charge in [-0.1, -0.05) is 6.08 Å². The van der Waals surface area contributed by atoms with Crippen molar-refractivity contribution in [3.63, 3.8) is 0 Å². The van der Waals surface area contributed by atoms with Crippen LogP contribution in [0.3, 0.4) is 0 Å². The van der Waals surface area contributed by atoms with Crippen LogP contribution >= 0.6 is 11.3 Å². The van der Waals surface area contributed by atoms with Crippen molar-refractivity contribution >= 4 is 17.1 Å². The summed E-state index contributed by atoms with van der Waals surface area (Å²) >= 11 is 1.54. The van der Waals surface area contributed by atoms with Crippen LogP contribution in [0.2, 0.25) is 0 Å². The fourth-order valence-electron chi connectivity index (χ4n) is 0.672. The van der Waals surface area contributed by atoms with Crippen LogP contribution in [0.15, 0.2) is 29.5 Å². The van der Waals surface area contributed by atoms with Crippen molar-refractivity contribution in [3.05, 3.63) is 35.0 Å². The Labute approximate surface area is 64.0 Å². The van der Waals surface area contributed by atoms with E-state index in [1.54, 1.807) is 6.08 Å². The second-order valence-electron chi connectivity index (χ2n) is 1.93. The maximum absolute atomic E-state index is 11.0. The molecule has 0 spiro atoms. The minimum absolute atomic E-state index is 0.149. The third-order valence-corrected chi connectivity index (χ3v) is 1.86. The number of carbonyl (C=O) groups is 1. The molecule has 2 heteroatoms. The molecule has 0 radical (unpaired) electrons. The highest BCUT2D eigenvalue weighted by Crippen LogP contribution is 2.08. The molecule has 0 amide bonds. The molecular formula is C8H8OS. The zero-order valence-electron chi connectivity index (χ0n) is 5.54. The van der Waals surface area contributed by atoms with Gasteiger partial charge in [0.25, 0.3) is 0 Å². The van der Waals surface area contributed by atoms with E-state index in [2.05, 4.69) is 6.58 Å². The Bertz CT molecular complexity index is 223. The van der Waals surface area contributed by atoms with Crippen LogP contribution in [0.25, 0.3) is 0 Å². The number of thiophene rings is 1. The van der Waals surface area contributed by atoms with E-state index < -0.39 is 0 Å². The fourth-order valence-corrected chi connectivity index (χ4v) is 1.33. The molecule has 0 aliphatic heterocycles. The molecule has 0 N–H and O–H groups in total. The van der Waals surface area contributed by atoms with Crippen molar-refractivity contribution in [3.8, 4) is 0 Å². The van der Waals surface area contributed by atoms with E-state index in [-0.39, 0.29) is 5.78 Å². The predicted molar refractivity (Wildman–Crippen MR) is 43.5 cm³/mol. The summed E-state index contributed by atoms with van der Waals surface area (Å²) in [6, 6.07) is 1.83. The van der Waals surface area contributed by atoms with Gasteiger partial charge in [0.05, 0.1) is 0 Å². The minimum atomic E-state index is 0.149. The van der Waals surface area contributed by atoms with Crippen molar-refractivity contribution in [2.75, 3.05) is 0 Å². The Balaban J connectivity index is 2.68. The average Bonchev–Trinajstić information content (AvgIpc) is 2.38. The molecule has 1 aromatic rings. The van der Waals surface area contributed by atoms with Gasteiger partial charge in [-0.3, -0.25) is 4.79 Å². The molecule has 0 saturated carbocycles. The Morgan fingerprint density at radius 3 is 3.10 bits per heavy atom. The third kappa shape index (κ3) is 1.54. The molecule has 0 atom stereocenters. The van der Waals surface area contributed by atoms with Crippen LogP contribution in [-0.4, -0.2) is 5.78 Å². The van der Waals surface area contributed by atoms with Gasteiger partial charge >= 0.3 is 0 Å². The van der Waals surface area contributed by atoms with Crippen LogP contribution in [0.5, 0.6) is 0 Å². The molecular weight excluding hydrogens is 144 g/mol. The average molecular weight is 152 g/mol. The van der Waals surface area contributed by atoms with E-state index >= 15 is 0 Å². The van der Waals surface area contributed by atoms with Gasteiger partial charge in [-0.2, -0.15) is 11.3 Å². The summed E-state index contributed by atoms with van der Waals surface area (Å²) in [6.07, 6.45) is 2.07. The first-order chi connectivity index (χ1) is 4.84. The van der Waals surface area contributed by atoms with Gasteiger partial charge in [-0.05, 0) is 11.4 Å². The highest BCUT2D eigenvalue weighted by atomic mass is 32.1. The van der Waals surface area contributed by atoms with Crippen LogP contribution in [-0.2, 0) is 0 Å². The molecule has 0 fully saturated rings. The van der Waals surface area contributed by atoms with Crippen molar-refractivity contribution < 1.29 is 4.79 Å². The maximum atomic E-state index is 11.0. The van der Waals surface area contributed by atoms with Gasteiger partial charge in [-0.15, -0.1) is 6.58 Å². The van der Waals surface area contributed by atoms with Gasteiger partial charge in [0.1, 0.15) is 0 Å². The molecule has 1 aromatic heterocycles. The lowest BCUT2D eigenvalue weighted by Crippen LogP contribution is -1.92. The first kappa shape index (κ1) is 7.22. The normalized spacial score (nSPS) is 9.20. The predicted octanol–water partition coefficient (Wildman–Crippen LogP) is 2.51. The monoisotopic (exact) mass is 152 g/mol. The van der Waals surface area contributed by atoms with Crippen LogP contribution in [0, 0.1) is 0 Å². The number of ketones is 1. The standard InChI is InChI=1S/C8H8OS/c1-2-3-8(9)7-4-5-10-6-7/h2,4-6H,1,3H2. The summed E-state index contributed by atoms with van der Waals surface area (Å²) in [5.74, 6) is 0.149. The van der Waals surface area contributed by atoms with E-state index in [4.69, 9.17) is 0 Å². The van der Waals surface area contributed by atoms with Gasteiger partial charge in [0.15, 0.2) is 5.78 Å². The zero-order valence-corrected chi connectivity index (χ0v) is 6.36. The topological polar surface area (TPSA) is 17.1 Å². The van der Waals surface area contributed by atoms with Crippen LogP contribution in [0.4, 0.5) is 0 Å². The molecule has 0 aliphatic rings. The molecule has 0 aliphatic carbocycles. The lowest BCUT2D eigenvalue weighted by Gasteiger charge is -1.88. The number of allylic oxidation sites excluding steroid dienone is 1. The summed E-state index contributed by atoms with van der Waals surface area (Å²) in [6.45, 7) is 3.49. The Morgan fingerprint density at radius 1 is 1.80 bits per heavy atom. The number of rotatable bonds is 3. The van der Waals surface area contributed by atoms with Gasteiger partial charge in [0, 0.05) is 17.4 Å². The zero-order chi connectivity index (χ0) is 7.40. The molecule has 10 heavy (non-hydrogen) atoms.